The number of nitrogens with two attached hydrogens (primary N) is 2. The molecule has 2 aromatic rings. The molecular weight excluding hydrogens is 188 g/mol. The van der Waals surface area contributed by atoms with Gasteiger partial charge in [-0.1, -0.05) is 0 Å². The van der Waals surface area contributed by atoms with Crippen LogP contribution in [0.15, 0.2) is 12.3 Å². The topological polar surface area (TPSA) is 94.9 Å². The molecule has 1 amide bonds. The molecule has 5 nitrogen and oxygen atoms in total. The van der Waals surface area contributed by atoms with Gasteiger partial charge in [0.05, 0.1) is 15.9 Å². The van der Waals surface area contributed by atoms with E-state index in [-0.39, 0.29) is 5.69 Å². The van der Waals surface area contributed by atoms with Gasteiger partial charge in [0.15, 0.2) is 5.69 Å². The van der Waals surface area contributed by atoms with Crippen LogP contribution in [-0.4, -0.2) is 16.1 Å². The number of hydrogen-bond acceptors (Lipinski definition) is 5. The van der Waals surface area contributed by atoms with E-state index < -0.39 is 5.91 Å². The van der Waals surface area contributed by atoms with Gasteiger partial charge in [-0.15, -0.1) is 16.4 Å². The maximum Gasteiger partial charge on any atom is 0.270 e. The van der Waals surface area contributed by atoms with Crippen molar-refractivity contribution in [1.29, 1.82) is 0 Å². The first-order valence-corrected chi connectivity index (χ1v) is 4.30. The zero-order chi connectivity index (χ0) is 9.42. The largest absolute Gasteiger partial charge is 0.391 e. The number of carbonyl (C=O) groups is 1. The van der Waals surface area contributed by atoms with Crippen LogP contribution in [0.1, 0.15) is 10.5 Å². The lowest BCUT2D eigenvalue weighted by molar-refractivity contribution is 0.0996. The molecule has 0 fully saturated rings. The Hall–Kier alpha value is -1.69. The molecule has 0 aromatic carbocycles. The quantitative estimate of drug-likeness (QED) is 0.685. The minimum Gasteiger partial charge on any atom is -0.391 e. The van der Waals surface area contributed by atoms with Crippen LogP contribution in [0, 0.1) is 0 Å². The first-order valence-electron chi connectivity index (χ1n) is 3.49. The van der Waals surface area contributed by atoms with E-state index in [4.69, 9.17) is 11.5 Å². The molecule has 2 rings (SSSR count). The van der Waals surface area contributed by atoms with Gasteiger partial charge in [-0.05, 0) is 6.07 Å². The fourth-order valence-electron chi connectivity index (χ4n) is 1.06. The molecular formula is C7H6N4OS. The highest BCUT2D eigenvalue weighted by Crippen LogP contribution is 2.28. The van der Waals surface area contributed by atoms with E-state index in [0.29, 0.717) is 9.70 Å². The molecule has 4 N–H and O–H groups in total. The van der Waals surface area contributed by atoms with Crippen molar-refractivity contribution in [2.75, 3.05) is 5.73 Å². The van der Waals surface area contributed by atoms with Crippen molar-refractivity contribution >= 4 is 32.3 Å². The van der Waals surface area contributed by atoms with Crippen LogP contribution in [0.2, 0.25) is 0 Å². The molecule has 0 aliphatic carbocycles. The molecule has 2 aromatic heterocycles. The zero-order valence-electron chi connectivity index (χ0n) is 6.52. The summed E-state index contributed by atoms with van der Waals surface area (Å²) in [6, 6.07) is 1.74. The standard InChI is InChI=1S/C7H6N4OS/c8-4-1-3-2-10-11-5(7(9)12)6(3)13-4/h1-2H,8H2,(H2,9,12). The normalized spacial score (nSPS) is 10.5. The Morgan fingerprint density at radius 1 is 1.54 bits per heavy atom. The van der Waals surface area contributed by atoms with E-state index in [1.807, 2.05) is 0 Å². The second-order valence-corrected chi connectivity index (χ2v) is 3.57. The van der Waals surface area contributed by atoms with Crippen molar-refractivity contribution in [3.05, 3.63) is 18.0 Å². The third kappa shape index (κ3) is 1.20. The van der Waals surface area contributed by atoms with Gasteiger partial charge in [-0.25, -0.2) is 0 Å². The summed E-state index contributed by atoms with van der Waals surface area (Å²) in [5, 5.41) is 8.71. The van der Waals surface area contributed by atoms with Gasteiger partial charge < -0.3 is 11.5 Å². The molecule has 0 unspecified atom stereocenters. The number of anilines is 1. The number of fused-ring (bicyclic) bond motifs is 1. The number of amides is 1. The van der Waals surface area contributed by atoms with E-state index in [1.165, 1.54) is 11.3 Å². The first-order chi connectivity index (χ1) is 6.18. The van der Waals surface area contributed by atoms with Crippen LogP contribution in [0.5, 0.6) is 0 Å². The molecule has 6 heteroatoms. The first kappa shape index (κ1) is 7.93. The van der Waals surface area contributed by atoms with Crippen molar-refractivity contribution in [2.45, 2.75) is 0 Å². The SMILES string of the molecule is NC(=O)c1nncc2cc(N)sc12. The lowest BCUT2D eigenvalue weighted by Crippen LogP contribution is -2.13. The summed E-state index contributed by atoms with van der Waals surface area (Å²) in [7, 11) is 0. The van der Waals surface area contributed by atoms with Gasteiger partial charge in [-0.3, -0.25) is 4.79 Å². The highest BCUT2D eigenvalue weighted by Gasteiger charge is 2.11. The molecule has 0 bridgehead atoms. The molecule has 0 aliphatic rings. The van der Waals surface area contributed by atoms with E-state index >= 15 is 0 Å². The van der Waals surface area contributed by atoms with E-state index in [9.17, 15) is 4.79 Å². The molecule has 0 spiro atoms. The summed E-state index contributed by atoms with van der Waals surface area (Å²) in [5.74, 6) is -0.583. The number of carbonyl (C=O) groups excluding carboxylic acids is 1. The van der Waals surface area contributed by atoms with Crippen LogP contribution in [0.4, 0.5) is 5.00 Å². The number of thiophene rings is 1. The summed E-state index contributed by atoms with van der Waals surface area (Å²) in [5.41, 5.74) is 10.9. The van der Waals surface area contributed by atoms with E-state index in [1.54, 1.807) is 12.3 Å². The Bertz CT molecular complexity index is 478. The number of rotatable bonds is 1. The third-order valence-electron chi connectivity index (χ3n) is 1.58. The molecule has 2 heterocycles. The summed E-state index contributed by atoms with van der Waals surface area (Å²) < 4.78 is 0.694. The Kier molecular flexibility index (Phi) is 1.63. The van der Waals surface area contributed by atoms with Gasteiger partial charge in [0, 0.05) is 5.39 Å². The number of primary amides is 1. The lowest BCUT2D eigenvalue weighted by Gasteiger charge is -1.93. The highest BCUT2D eigenvalue weighted by molar-refractivity contribution is 7.23. The number of hydrogen-bond donors (Lipinski definition) is 2. The second-order valence-electron chi connectivity index (χ2n) is 2.49. The third-order valence-corrected chi connectivity index (χ3v) is 2.57. The molecule has 66 valence electrons. The van der Waals surface area contributed by atoms with Crippen molar-refractivity contribution in [1.82, 2.24) is 10.2 Å². The lowest BCUT2D eigenvalue weighted by atomic mass is 10.3. The van der Waals surface area contributed by atoms with Gasteiger partial charge in [-0.2, -0.15) is 5.10 Å². The minimum absolute atomic E-state index is 0.180. The van der Waals surface area contributed by atoms with Crippen LogP contribution < -0.4 is 11.5 Å². The summed E-state index contributed by atoms with van der Waals surface area (Å²) in [6.45, 7) is 0. The smallest absolute Gasteiger partial charge is 0.270 e. The highest BCUT2D eigenvalue weighted by atomic mass is 32.1. The molecule has 0 aliphatic heterocycles. The van der Waals surface area contributed by atoms with Crippen LogP contribution >= 0.6 is 11.3 Å². The van der Waals surface area contributed by atoms with E-state index in [0.717, 1.165) is 5.39 Å². The average Bonchev–Trinajstić information content (AvgIpc) is 2.43. The van der Waals surface area contributed by atoms with Crippen LogP contribution in [0.25, 0.3) is 10.1 Å². The monoisotopic (exact) mass is 194 g/mol. The average molecular weight is 194 g/mol. The van der Waals surface area contributed by atoms with Crippen molar-refractivity contribution in [3.63, 3.8) is 0 Å². The molecule has 0 saturated heterocycles. The summed E-state index contributed by atoms with van der Waals surface area (Å²) in [6.07, 6.45) is 1.55. The van der Waals surface area contributed by atoms with Gasteiger partial charge in [0.2, 0.25) is 0 Å². The Labute approximate surface area is 77.4 Å². The molecule has 0 radical (unpaired) electrons. The Morgan fingerprint density at radius 3 is 3.00 bits per heavy atom. The van der Waals surface area contributed by atoms with Gasteiger partial charge in [0.1, 0.15) is 0 Å². The summed E-state index contributed by atoms with van der Waals surface area (Å²) in [4.78, 5) is 10.9. The number of aromatic nitrogens is 2. The number of nitrogens with zero attached hydrogens (tertiary/aromatic N) is 2. The predicted molar refractivity (Wildman–Crippen MR) is 50.3 cm³/mol. The summed E-state index contributed by atoms with van der Waals surface area (Å²) >= 11 is 1.28. The second kappa shape index (κ2) is 2.67. The maximum absolute atomic E-state index is 10.9. The minimum atomic E-state index is -0.583. The molecule has 13 heavy (non-hydrogen) atoms. The predicted octanol–water partition coefficient (Wildman–Crippen LogP) is 0.372. The fraction of sp³-hybridized carbons (Fsp3) is 0. The van der Waals surface area contributed by atoms with Gasteiger partial charge in [0.25, 0.3) is 5.91 Å². The fourth-order valence-corrected chi connectivity index (χ4v) is 1.95. The maximum atomic E-state index is 10.9. The number of nitrogen functional groups attached to an aromatic ring is 1. The Morgan fingerprint density at radius 2 is 2.31 bits per heavy atom. The van der Waals surface area contributed by atoms with E-state index in [2.05, 4.69) is 10.2 Å². The molecule has 0 saturated carbocycles. The van der Waals surface area contributed by atoms with Gasteiger partial charge >= 0.3 is 0 Å². The van der Waals surface area contributed by atoms with Crippen molar-refractivity contribution < 1.29 is 4.79 Å². The van der Waals surface area contributed by atoms with Crippen LogP contribution in [-0.2, 0) is 0 Å². The Balaban J connectivity index is 2.82. The van der Waals surface area contributed by atoms with Crippen LogP contribution in [0.3, 0.4) is 0 Å². The molecule has 0 atom stereocenters. The zero-order valence-corrected chi connectivity index (χ0v) is 7.34. The van der Waals surface area contributed by atoms with Crippen molar-refractivity contribution in [2.24, 2.45) is 5.73 Å². The van der Waals surface area contributed by atoms with Crippen molar-refractivity contribution in [3.8, 4) is 0 Å².